The molecule has 1 aliphatic rings. The van der Waals surface area contributed by atoms with Crippen LogP contribution in [0.1, 0.15) is 118 Å². The first-order valence-electron chi connectivity index (χ1n) is 15.4. The fourth-order valence-corrected chi connectivity index (χ4v) is 5.03. The topological polar surface area (TPSA) is 128 Å². The Bertz CT molecular complexity index is 1560. The van der Waals surface area contributed by atoms with Crippen molar-refractivity contribution in [2.75, 3.05) is 0 Å². The second-order valence-electron chi connectivity index (χ2n) is 13.4. The lowest BCUT2D eigenvalue weighted by molar-refractivity contribution is -0.172. The van der Waals surface area contributed by atoms with Crippen LogP contribution in [0.15, 0.2) is 48.5 Å². The first-order chi connectivity index (χ1) is 21.1. The lowest BCUT2D eigenvalue weighted by atomic mass is 9.86. The maximum absolute atomic E-state index is 13.7. The van der Waals surface area contributed by atoms with E-state index in [1.165, 1.54) is 0 Å². The molecular formula is C35H43N3O7. The zero-order valence-corrected chi connectivity index (χ0v) is 27.2. The normalized spacial score (nSPS) is 14.5. The number of aliphatic hydroxyl groups excluding tert-OH is 1. The van der Waals surface area contributed by atoms with E-state index in [-0.39, 0.29) is 30.8 Å². The number of carbonyl (C=O) groups is 4. The summed E-state index contributed by atoms with van der Waals surface area (Å²) in [6.45, 7) is 13.2. The van der Waals surface area contributed by atoms with Crippen LogP contribution in [0, 0.1) is 5.41 Å². The number of amides is 2. The highest BCUT2D eigenvalue weighted by Gasteiger charge is 2.38. The van der Waals surface area contributed by atoms with Crippen LogP contribution in [-0.4, -0.2) is 49.1 Å². The van der Waals surface area contributed by atoms with Crippen LogP contribution in [0.3, 0.4) is 0 Å². The standard InChI is InChI=1S/C35H43N3O7/c1-8-9-14-26-36-29(31(41)34(2,3)4)30(33(43)45-38-27(39)19-20-28(38)40)37(26)21-22-15-17-23(18-16-22)24-12-10-11-13-25(24)32(42)44-35(5,6)7/h10-13,15-18,31,41H,8-9,14,19-21H2,1-7H3. The number of hydroxylamine groups is 2. The number of benzene rings is 2. The Balaban J connectivity index is 1.74. The fraction of sp³-hybridized carbons (Fsp3) is 0.457. The summed E-state index contributed by atoms with van der Waals surface area (Å²) in [6, 6.07) is 14.8. The van der Waals surface area contributed by atoms with Gasteiger partial charge in [-0.2, -0.15) is 0 Å². The molecule has 0 saturated carbocycles. The third kappa shape index (κ3) is 7.86. The Labute approximate surface area is 264 Å². The number of imide groups is 1. The minimum Gasteiger partial charge on any atom is -0.456 e. The molecule has 1 fully saturated rings. The number of aliphatic hydroxyl groups is 1. The van der Waals surface area contributed by atoms with Crippen molar-refractivity contribution in [2.45, 2.75) is 98.8 Å². The van der Waals surface area contributed by atoms with Crippen LogP contribution >= 0.6 is 0 Å². The summed E-state index contributed by atoms with van der Waals surface area (Å²) >= 11 is 0. The molecule has 2 heterocycles. The third-order valence-electron chi connectivity index (χ3n) is 7.43. The molecule has 0 spiro atoms. The number of unbranched alkanes of at least 4 members (excludes halogenated alkanes) is 1. The first kappa shape index (κ1) is 33.6. The maximum atomic E-state index is 13.7. The molecule has 0 radical (unpaired) electrons. The second-order valence-corrected chi connectivity index (χ2v) is 13.4. The van der Waals surface area contributed by atoms with Gasteiger partial charge < -0.3 is 19.2 Å². The quantitative estimate of drug-likeness (QED) is 0.211. The van der Waals surface area contributed by atoms with E-state index in [0.29, 0.717) is 22.9 Å². The van der Waals surface area contributed by atoms with Crippen LogP contribution in [0.2, 0.25) is 0 Å². The van der Waals surface area contributed by atoms with Gasteiger partial charge in [0.15, 0.2) is 5.69 Å². The van der Waals surface area contributed by atoms with Crippen LogP contribution in [0.4, 0.5) is 0 Å². The average Bonchev–Trinajstić information content (AvgIpc) is 3.49. The van der Waals surface area contributed by atoms with Crippen molar-refractivity contribution in [3.05, 3.63) is 76.9 Å². The summed E-state index contributed by atoms with van der Waals surface area (Å²) in [5.41, 5.74) is 1.64. The van der Waals surface area contributed by atoms with Crippen molar-refractivity contribution in [2.24, 2.45) is 5.41 Å². The maximum Gasteiger partial charge on any atom is 0.382 e. The van der Waals surface area contributed by atoms with E-state index in [1.54, 1.807) is 16.7 Å². The van der Waals surface area contributed by atoms with Crippen LogP contribution in [-0.2, 0) is 32.1 Å². The van der Waals surface area contributed by atoms with E-state index in [0.717, 1.165) is 29.5 Å². The molecule has 2 amide bonds. The van der Waals surface area contributed by atoms with Crippen LogP contribution < -0.4 is 0 Å². The molecule has 4 rings (SSSR count). The van der Waals surface area contributed by atoms with E-state index in [1.807, 2.05) is 84.9 Å². The van der Waals surface area contributed by atoms with Gasteiger partial charge in [-0.05, 0) is 55.4 Å². The second kappa shape index (κ2) is 13.4. The Morgan fingerprint density at radius 1 is 0.933 bits per heavy atom. The summed E-state index contributed by atoms with van der Waals surface area (Å²) in [6.07, 6.45) is 1.02. The Morgan fingerprint density at radius 2 is 1.56 bits per heavy atom. The number of hydrogen-bond acceptors (Lipinski definition) is 8. The molecule has 1 atom stereocenters. The lowest BCUT2D eigenvalue weighted by Crippen LogP contribution is -2.33. The van der Waals surface area contributed by atoms with Crippen molar-refractivity contribution in [3.63, 3.8) is 0 Å². The Kier molecular flexibility index (Phi) is 9.97. The molecule has 10 nitrogen and oxygen atoms in total. The van der Waals surface area contributed by atoms with Gasteiger partial charge in [-0.15, -0.1) is 5.06 Å². The fourth-order valence-electron chi connectivity index (χ4n) is 5.03. The van der Waals surface area contributed by atoms with Gasteiger partial charge in [0.2, 0.25) is 0 Å². The van der Waals surface area contributed by atoms with Gasteiger partial charge in [0.05, 0.1) is 5.56 Å². The highest BCUT2D eigenvalue weighted by Crippen LogP contribution is 2.36. The van der Waals surface area contributed by atoms with E-state index in [2.05, 4.69) is 0 Å². The highest BCUT2D eigenvalue weighted by molar-refractivity contribution is 6.02. The minimum atomic E-state index is -1.13. The smallest absolute Gasteiger partial charge is 0.382 e. The van der Waals surface area contributed by atoms with E-state index < -0.39 is 40.9 Å². The summed E-state index contributed by atoms with van der Waals surface area (Å²) in [7, 11) is 0. The first-order valence-corrected chi connectivity index (χ1v) is 15.4. The Hall–Kier alpha value is -4.31. The number of nitrogens with zero attached hydrogens (tertiary/aromatic N) is 3. The number of aromatic nitrogens is 2. The number of esters is 1. The van der Waals surface area contributed by atoms with Gasteiger partial charge in [-0.3, -0.25) is 9.59 Å². The van der Waals surface area contributed by atoms with Gasteiger partial charge >= 0.3 is 11.9 Å². The largest absolute Gasteiger partial charge is 0.456 e. The summed E-state index contributed by atoms with van der Waals surface area (Å²) in [4.78, 5) is 61.2. The molecule has 10 heteroatoms. The van der Waals surface area contributed by atoms with Crippen LogP contribution in [0.25, 0.3) is 11.1 Å². The van der Waals surface area contributed by atoms with Gasteiger partial charge in [0, 0.05) is 25.8 Å². The molecule has 1 N–H and O–H groups in total. The third-order valence-corrected chi connectivity index (χ3v) is 7.43. The number of carbonyl (C=O) groups excluding carboxylic acids is 4. The molecule has 0 bridgehead atoms. The Morgan fingerprint density at radius 3 is 2.13 bits per heavy atom. The monoisotopic (exact) mass is 617 g/mol. The molecule has 45 heavy (non-hydrogen) atoms. The molecule has 3 aromatic rings. The summed E-state index contributed by atoms with van der Waals surface area (Å²) < 4.78 is 7.32. The van der Waals surface area contributed by atoms with Crippen molar-refractivity contribution >= 4 is 23.8 Å². The number of rotatable bonds is 10. The van der Waals surface area contributed by atoms with Crippen molar-refractivity contribution in [1.82, 2.24) is 14.6 Å². The highest BCUT2D eigenvalue weighted by atomic mass is 16.7. The van der Waals surface area contributed by atoms with E-state index >= 15 is 0 Å². The number of ether oxygens (including phenoxy) is 1. The number of hydrogen-bond donors (Lipinski definition) is 1. The van der Waals surface area contributed by atoms with Crippen LogP contribution in [0.5, 0.6) is 0 Å². The SMILES string of the molecule is CCCCc1nc(C(O)C(C)(C)C)c(C(=O)ON2C(=O)CCC2=O)n1Cc1ccc(-c2ccccc2C(=O)OC(C)(C)C)cc1. The van der Waals surface area contributed by atoms with Crippen molar-refractivity contribution < 1.29 is 33.9 Å². The van der Waals surface area contributed by atoms with Gasteiger partial charge in [0.25, 0.3) is 11.8 Å². The van der Waals surface area contributed by atoms with Gasteiger partial charge in [-0.1, -0.05) is 76.6 Å². The molecule has 240 valence electrons. The molecule has 2 aromatic carbocycles. The van der Waals surface area contributed by atoms with Gasteiger partial charge in [-0.25, -0.2) is 14.6 Å². The van der Waals surface area contributed by atoms with Gasteiger partial charge in [0.1, 0.15) is 23.2 Å². The predicted molar refractivity (Wildman–Crippen MR) is 168 cm³/mol. The molecule has 1 saturated heterocycles. The summed E-state index contributed by atoms with van der Waals surface area (Å²) in [5.74, 6) is -1.95. The summed E-state index contributed by atoms with van der Waals surface area (Å²) in [5, 5.41) is 11.8. The van der Waals surface area contributed by atoms with Crippen molar-refractivity contribution in [1.29, 1.82) is 0 Å². The zero-order valence-electron chi connectivity index (χ0n) is 27.2. The molecule has 1 aliphatic heterocycles. The molecular weight excluding hydrogens is 574 g/mol. The molecule has 1 unspecified atom stereocenters. The van der Waals surface area contributed by atoms with E-state index in [4.69, 9.17) is 14.6 Å². The van der Waals surface area contributed by atoms with E-state index in [9.17, 15) is 24.3 Å². The predicted octanol–water partition coefficient (Wildman–Crippen LogP) is 6.20. The average molecular weight is 618 g/mol. The zero-order chi connectivity index (χ0) is 33.1. The van der Waals surface area contributed by atoms with Crippen molar-refractivity contribution in [3.8, 4) is 11.1 Å². The molecule has 1 aromatic heterocycles. The minimum absolute atomic E-state index is 0.00428. The lowest BCUT2D eigenvalue weighted by Gasteiger charge is -2.25. The number of aryl methyl sites for hydroxylation is 1. The number of imidazole rings is 1. The molecule has 0 aliphatic carbocycles.